The molecule has 0 aliphatic heterocycles. The van der Waals surface area contributed by atoms with Crippen molar-refractivity contribution < 1.29 is 14.6 Å². The first-order valence-corrected chi connectivity index (χ1v) is 4.17. The molecule has 1 aromatic heterocycles. The summed E-state index contributed by atoms with van der Waals surface area (Å²) < 4.78 is 10.1. The summed E-state index contributed by atoms with van der Waals surface area (Å²) in [5.41, 5.74) is 6.19. The smallest absolute Gasteiger partial charge is 0.257 e. The van der Waals surface area contributed by atoms with Gasteiger partial charge in [0.15, 0.2) is 5.75 Å². The first-order chi connectivity index (χ1) is 6.61. The van der Waals surface area contributed by atoms with Gasteiger partial charge in [-0.3, -0.25) is 0 Å². The Morgan fingerprint density at radius 2 is 2.07 bits per heavy atom. The molecular formula is C9H14N2O3. The van der Waals surface area contributed by atoms with Gasteiger partial charge < -0.3 is 20.3 Å². The van der Waals surface area contributed by atoms with Crippen LogP contribution >= 0.6 is 0 Å². The van der Waals surface area contributed by atoms with E-state index >= 15 is 0 Å². The Bertz CT molecular complexity index is 326. The fourth-order valence-electron chi connectivity index (χ4n) is 1.26. The monoisotopic (exact) mass is 198 g/mol. The zero-order chi connectivity index (χ0) is 10.7. The molecule has 0 saturated heterocycles. The van der Waals surface area contributed by atoms with Crippen molar-refractivity contribution in [3.8, 4) is 17.4 Å². The van der Waals surface area contributed by atoms with Gasteiger partial charge in [-0.2, -0.15) is 0 Å². The number of pyridine rings is 1. The van der Waals surface area contributed by atoms with Crippen molar-refractivity contribution in [3.63, 3.8) is 0 Å². The third-order valence-electron chi connectivity index (χ3n) is 1.87. The van der Waals surface area contributed by atoms with Crippen LogP contribution in [0.3, 0.4) is 0 Å². The van der Waals surface area contributed by atoms with Gasteiger partial charge in [0.2, 0.25) is 0 Å². The first-order valence-electron chi connectivity index (χ1n) is 4.17. The van der Waals surface area contributed by atoms with E-state index in [-0.39, 0.29) is 11.8 Å². The normalized spacial score (nSPS) is 12.3. The van der Waals surface area contributed by atoms with Crippen molar-refractivity contribution in [1.82, 2.24) is 4.98 Å². The minimum Gasteiger partial charge on any atom is -0.506 e. The molecule has 0 bridgehead atoms. The number of rotatable bonds is 3. The standard InChI is InChI=1S/C9H14N2O3/c1-5(10)7-6(12)4-11-9(14-3)8(7)13-2/h4-5,12H,10H2,1-3H3. The maximum atomic E-state index is 9.53. The average Bonchev–Trinajstić information content (AvgIpc) is 2.16. The summed E-state index contributed by atoms with van der Waals surface area (Å²) in [4.78, 5) is 3.86. The lowest BCUT2D eigenvalue weighted by Crippen LogP contribution is -2.09. The van der Waals surface area contributed by atoms with Crippen LogP contribution in [0.1, 0.15) is 18.5 Å². The molecule has 14 heavy (non-hydrogen) atoms. The maximum Gasteiger partial charge on any atom is 0.257 e. The van der Waals surface area contributed by atoms with E-state index in [1.807, 2.05) is 0 Å². The van der Waals surface area contributed by atoms with Crippen LogP contribution in [-0.2, 0) is 0 Å². The summed E-state index contributed by atoms with van der Waals surface area (Å²) in [5, 5.41) is 9.53. The van der Waals surface area contributed by atoms with Gasteiger partial charge in [0.05, 0.1) is 26.0 Å². The number of aromatic hydroxyl groups is 1. The van der Waals surface area contributed by atoms with E-state index in [9.17, 15) is 5.11 Å². The summed E-state index contributed by atoms with van der Waals surface area (Å²) >= 11 is 0. The molecular weight excluding hydrogens is 184 g/mol. The second kappa shape index (κ2) is 4.15. The van der Waals surface area contributed by atoms with Crippen LogP contribution in [0.5, 0.6) is 17.4 Å². The third kappa shape index (κ3) is 1.72. The van der Waals surface area contributed by atoms with E-state index in [1.54, 1.807) is 6.92 Å². The summed E-state index contributed by atoms with van der Waals surface area (Å²) in [6.45, 7) is 1.75. The molecule has 0 aliphatic rings. The average molecular weight is 198 g/mol. The van der Waals surface area contributed by atoms with E-state index in [4.69, 9.17) is 15.2 Å². The number of nitrogens with zero attached hydrogens (tertiary/aromatic N) is 1. The molecule has 0 fully saturated rings. The van der Waals surface area contributed by atoms with E-state index in [0.29, 0.717) is 17.2 Å². The lowest BCUT2D eigenvalue weighted by atomic mass is 10.1. The van der Waals surface area contributed by atoms with Crippen LogP contribution in [0.15, 0.2) is 6.20 Å². The van der Waals surface area contributed by atoms with Crippen molar-refractivity contribution in [3.05, 3.63) is 11.8 Å². The second-order valence-corrected chi connectivity index (χ2v) is 2.89. The Balaban J connectivity index is 3.35. The van der Waals surface area contributed by atoms with Crippen molar-refractivity contribution in [2.24, 2.45) is 5.73 Å². The number of hydrogen-bond acceptors (Lipinski definition) is 5. The third-order valence-corrected chi connectivity index (χ3v) is 1.87. The van der Waals surface area contributed by atoms with Crippen molar-refractivity contribution in [2.45, 2.75) is 13.0 Å². The maximum absolute atomic E-state index is 9.53. The number of aromatic nitrogens is 1. The quantitative estimate of drug-likeness (QED) is 0.752. The van der Waals surface area contributed by atoms with Gasteiger partial charge in [-0.25, -0.2) is 4.98 Å². The fourth-order valence-corrected chi connectivity index (χ4v) is 1.26. The molecule has 5 heteroatoms. The van der Waals surface area contributed by atoms with Gasteiger partial charge in [-0.1, -0.05) is 0 Å². The Labute approximate surface area is 82.5 Å². The fraction of sp³-hybridized carbons (Fsp3) is 0.444. The van der Waals surface area contributed by atoms with Gasteiger partial charge in [0.1, 0.15) is 5.75 Å². The molecule has 0 aliphatic carbocycles. The summed E-state index contributed by atoms with van der Waals surface area (Å²) in [5.74, 6) is 0.706. The zero-order valence-corrected chi connectivity index (χ0v) is 8.44. The van der Waals surface area contributed by atoms with E-state index in [1.165, 1.54) is 20.4 Å². The first kappa shape index (κ1) is 10.6. The van der Waals surface area contributed by atoms with Gasteiger partial charge >= 0.3 is 0 Å². The SMILES string of the molecule is COc1ncc(O)c(C(C)N)c1OC. The molecule has 5 nitrogen and oxygen atoms in total. The molecule has 0 radical (unpaired) electrons. The minimum absolute atomic E-state index is 0.0117. The van der Waals surface area contributed by atoms with Crippen LogP contribution < -0.4 is 15.2 Å². The molecule has 0 saturated carbocycles. The van der Waals surface area contributed by atoms with Crippen molar-refractivity contribution >= 4 is 0 Å². The predicted octanol–water partition coefficient (Wildman–Crippen LogP) is 0.824. The molecule has 3 N–H and O–H groups in total. The van der Waals surface area contributed by atoms with E-state index in [2.05, 4.69) is 4.98 Å². The van der Waals surface area contributed by atoms with Crippen LogP contribution in [0, 0.1) is 0 Å². The lowest BCUT2D eigenvalue weighted by molar-refractivity contribution is 0.332. The highest BCUT2D eigenvalue weighted by Gasteiger charge is 2.18. The Hall–Kier alpha value is -1.49. The summed E-state index contributed by atoms with van der Waals surface area (Å²) in [6, 6.07) is -0.346. The Kier molecular flexibility index (Phi) is 3.14. The van der Waals surface area contributed by atoms with Gasteiger partial charge in [0, 0.05) is 6.04 Å². The molecule has 0 amide bonds. The van der Waals surface area contributed by atoms with Crippen molar-refractivity contribution in [1.29, 1.82) is 0 Å². The van der Waals surface area contributed by atoms with Crippen LogP contribution in [0.25, 0.3) is 0 Å². The molecule has 1 aromatic rings. The van der Waals surface area contributed by atoms with Crippen LogP contribution in [0.4, 0.5) is 0 Å². The number of ether oxygens (including phenoxy) is 2. The van der Waals surface area contributed by atoms with Gasteiger partial charge in [0.25, 0.3) is 5.88 Å². The van der Waals surface area contributed by atoms with Gasteiger partial charge in [-0.05, 0) is 6.92 Å². The zero-order valence-electron chi connectivity index (χ0n) is 8.44. The summed E-state index contributed by atoms with van der Waals surface area (Å²) in [6.07, 6.45) is 1.29. The Morgan fingerprint density at radius 1 is 1.43 bits per heavy atom. The molecule has 78 valence electrons. The molecule has 1 atom stereocenters. The molecule has 0 spiro atoms. The van der Waals surface area contributed by atoms with E-state index < -0.39 is 0 Å². The minimum atomic E-state index is -0.346. The molecule has 1 heterocycles. The Morgan fingerprint density at radius 3 is 2.50 bits per heavy atom. The molecule has 1 unspecified atom stereocenters. The van der Waals surface area contributed by atoms with E-state index in [0.717, 1.165) is 0 Å². The second-order valence-electron chi connectivity index (χ2n) is 2.89. The highest BCUT2D eigenvalue weighted by molar-refractivity contribution is 5.50. The van der Waals surface area contributed by atoms with Crippen LogP contribution in [-0.4, -0.2) is 24.3 Å². The highest BCUT2D eigenvalue weighted by atomic mass is 16.5. The molecule has 0 aromatic carbocycles. The topological polar surface area (TPSA) is 77.6 Å². The molecule has 1 rings (SSSR count). The summed E-state index contributed by atoms with van der Waals surface area (Å²) in [7, 11) is 2.96. The number of methoxy groups -OCH3 is 2. The van der Waals surface area contributed by atoms with Gasteiger partial charge in [-0.15, -0.1) is 0 Å². The largest absolute Gasteiger partial charge is 0.506 e. The highest BCUT2D eigenvalue weighted by Crippen LogP contribution is 2.37. The van der Waals surface area contributed by atoms with Crippen molar-refractivity contribution in [2.75, 3.05) is 14.2 Å². The lowest BCUT2D eigenvalue weighted by Gasteiger charge is -2.15. The predicted molar refractivity (Wildman–Crippen MR) is 51.6 cm³/mol. The number of nitrogens with two attached hydrogens (primary N) is 1. The van der Waals surface area contributed by atoms with Crippen LogP contribution in [0.2, 0.25) is 0 Å². The number of hydrogen-bond donors (Lipinski definition) is 2.